The van der Waals surface area contributed by atoms with Crippen molar-refractivity contribution in [3.8, 4) is 11.1 Å². The average Bonchev–Trinajstić information content (AvgIpc) is 2.48. The first-order valence-electron chi connectivity index (χ1n) is 7.27. The fourth-order valence-corrected chi connectivity index (χ4v) is 2.39. The van der Waals surface area contributed by atoms with Crippen molar-refractivity contribution < 1.29 is 4.39 Å². The molecule has 2 aromatic carbocycles. The van der Waals surface area contributed by atoms with Gasteiger partial charge in [0.25, 0.3) is 0 Å². The summed E-state index contributed by atoms with van der Waals surface area (Å²) in [5, 5.41) is 3.13. The highest BCUT2D eigenvalue weighted by Gasteiger charge is 2.06. The monoisotopic (exact) mass is 271 g/mol. The number of benzene rings is 2. The first-order valence-corrected chi connectivity index (χ1v) is 7.27. The summed E-state index contributed by atoms with van der Waals surface area (Å²) in [4.78, 5) is 0. The van der Waals surface area contributed by atoms with Crippen LogP contribution in [0.3, 0.4) is 0 Å². The molecule has 0 aromatic heterocycles. The third-order valence-electron chi connectivity index (χ3n) is 3.52. The van der Waals surface area contributed by atoms with Crippen molar-refractivity contribution in [1.82, 2.24) is 5.32 Å². The Kier molecular flexibility index (Phi) is 5.31. The molecular formula is C18H22FN. The van der Waals surface area contributed by atoms with Crippen molar-refractivity contribution in [3.05, 3.63) is 59.4 Å². The van der Waals surface area contributed by atoms with E-state index in [1.54, 1.807) is 6.07 Å². The molecule has 0 radical (unpaired) electrons. The van der Waals surface area contributed by atoms with Gasteiger partial charge in [0.2, 0.25) is 0 Å². The highest BCUT2D eigenvalue weighted by atomic mass is 19.1. The van der Waals surface area contributed by atoms with Gasteiger partial charge < -0.3 is 5.32 Å². The van der Waals surface area contributed by atoms with Gasteiger partial charge in [0.15, 0.2) is 0 Å². The summed E-state index contributed by atoms with van der Waals surface area (Å²) in [7, 11) is 1.90. The predicted molar refractivity (Wildman–Crippen MR) is 83.2 cm³/mol. The van der Waals surface area contributed by atoms with Crippen LogP contribution >= 0.6 is 0 Å². The van der Waals surface area contributed by atoms with Gasteiger partial charge in [-0.3, -0.25) is 0 Å². The van der Waals surface area contributed by atoms with E-state index in [0.717, 1.165) is 29.7 Å². The molecule has 0 bridgehead atoms. The van der Waals surface area contributed by atoms with Gasteiger partial charge in [-0.1, -0.05) is 43.7 Å². The van der Waals surface area contributed by atoms with Gasteiger partial charge in [0.05, 0.1) is 0 Å². The van der Waals surface area contributed by atoms with Gasteiger partial charge in [0.1, 0.15) is 5.82 Å². The van der Waals surface area contributed by atoms with E-state index in [1.165, 1.54) is 24.5 Å². The van der Waals surface area contributed by atoms with Crippen LogP contribution in [0.1, 0.15) is 30.9 Å². The van der Waals surface area contributed by atoms with Crippen molar-refractivity contribution in [2.45, 2.75) is 32.7 Å². The highest BCUT2D eigenvalue weighted by Crippen LogP contribution is 2.25. The summed E-state index contributed by atoms with van der Waals surface area (Å²) < 4.78 is 13.5. The summed E-state index contributed by atoms with van der Waals surface area (Å²) in [5.74, 6) is -0.185. The molecule has 0 saturated carbocycles. The number of nitrogens with one attached hydrogen (secondary N) is 1. The number of halogens is 1. The Morgan fingerprint density at radius 2 is 1.80 bits per heavy atom. The maximum absolute atomic E-state index is 13.5. The molecular weight excluding hydrogens is 249 g/mol. The van der Waals surface area contributed by atoms with Crippen LogP contribution < -0.4 is 5.32 Å². The number of unbranched alkanes of at least 4 members (excludes halogenated alkanes) is 1. The van der Waals surface area contributed by atoms with E-state index >= 15 is 0 Å². The molecule has 0 aliphatic rings. The molecule has 1 N–H and O–H groups in total. The average molecular weight is 271 g/mol. The van der Waals surface area contributed by atoms with E-state index in [0.29, 0.717) is 0 Å². The largest absolute Gasteiger partial charge is 0.316 e. The lowest BCUT2D eigenvalue weighted by atomic mass is 9.97. The van der Waals surface area contributed by atoms with Crippen molar-refractivity contribution in [2.24, 2.45) is 0 Å². The highest BCUT2D eigenvalue weighted by molar-refractivity contribution is 5.67. The Morgan fingerprint density at radius 3 is 2.45 bits per heavy atom. The predicted octanol–water partition coefficient (Wildman–Crippen LogP) is 4.55. The Balaban J connectivity index is 2.28. The van der Waals surface area contributed by atoms with E-state index < -0.39 is 0 Å². The number of aryl methyl sites for hydroxylation is 1. The lowest BCUT2D eigenvalue weighted by Gasteiger charge is -2.10. The zero-order chi connectivity index (χ0) is 14.4. The van der Waals surface area contributed by atoms with Gasteiger partial charge in [-0.25, -0.2) is 4.39 Å². The van der Waals surface area contributed by atoms with Crippen LogP contribution in [-0.2, 0) is 13.0 Å². The molecule has 2 heteroatoms. The van der Waals surface area contributed by atoms with Gasteiger partial charge in [0, 0.05) is 6.54 Å². The van der Waals surface area contributed by atoms with Crippen LogP contribution in [0.5, 0.6) is 0 Å². The van der Waals surface area contributed by atoms with E-state index in [4.69, 9.17) is 0 Å². The second-order valence-corrected chi connectivity index (χ2v) is 5.13. The van der Waals surface area contributed by atoms with Crippen LogP contribution in [0, 0.1) is 5.82 Å². The first kappa shape index (κ1) is 14.7. The van der Waals surface area contributed by atoms with Crippen LogP contribution in [0.2, 0.25) is 0 Å². The standard InChI is InChI=1S/C18H22FN/c1-3-4-5-14-6-8-15(9-7-14)18-12-17(19)11-10-16(18)13-20-2/h6-12,20H,3-5,13H2,1-2H3. The number of hydrogen-bond acceptors (Lipinski definition) is 1. The third-order valence-corrected chi connectivity index (χ3v) is 3.52. The minimum absolute atomic E-state index is 0.185. The normalized spacial score (nSPS) is 10.8. The quantitative estimate of drug-likeness (QED) is 0.812. The fraction of sp³-hybridized carbons (Fsp3) is 0.333. The molecule has 0 heterocycles. The topological polar surface area (TPSA) is 12.0 Å². The van der Waals surface area contributed by atoms with Crippen LogP contribution in [0.4, 0.5) is 4.39 Å². The molecule has 0 unspecified atom stereocenters. The minimum atomic E-state index is -0.185. The summed E-state index contributed by atoms with van der Waals surface area (Å²) in [5.41, 5.74) is 4.52. The third kappa shape index (κ3) is 3.67. The van der Waals surface area contributed by atoms with Gasteiger partial charge in [-0.15, -0.1) is 0 Å². The maximum Gasteiger partial charge on any atom is 0.123 e. The maximum atomic E-state index is 13.5. The molecule has 0 saturated heterocycles. The zero-order valence-electron chi connectivity index (χ0n) is 12.2. The van der Waals surface area contributed by atoms with Crippen molar-refractivity contribution in [1.29, 1.82) is 0 Å². The molecule has 0 aliphatic heterocycles. The zero-order valence-corrected chi connectivity index (χ0v) is 12.2. The molecule has 0 fully saturated rings. The SMILES string of the molecule is CCCCc1ccc(-c2cc(F)ccc2CNC)cc1. The molecule has 1 nitrogen and oxygen atoms in total. The lowest BCUT2D eigenvalue weighted by molar-refractivity contribution is 0.627. The molecule has 0 spiro atoms. The lowest BCUT2D eigenvalue weighted by Crippen LogP contribution is -2.06. The second kappa shape index (κ2) is 7.20. The van der Waals surface area contributed by atoms with Crippen molar-refractivity contribution in [2.75, 3.05) is 7.05 Å². The van der Waals surface area contributed by atoms with E-state index in [-0.39, 0.29) is 5.82 Å². The number of rotatable bonds is 6. The Bertz CT molecular complexity index is 546. The fourth-order valence-electron chi connectivity index (χ4n) is 2.39. The molecule has 0 aliphatic carbocycles. The minimum Gasteiger partial charge on any atom is -0.316 e. The Labute approximate surface area is 120 Å². The Hall–Kier alpha value is -1.67. The molecule has 0 atom stereocenters. The van der Waals surface area contributed by atoms with E-state index in [2.05, 4.69) is 36.5 Å². The van der Waals surface area contributed by atoms with Crippen LogP contribution in [0.15, 0.2) is 42.5 Å². The van der Waals surface area contributed by atoms with E-state index in [9.17, 15) is 4.39 Å². The molecule has 2 rings (SSSR count). The van der Waals surface area contributed by atoms with Crippen molar-refractivity contribution >= 4 is 0 Å². The summed E-state index contributed by atoms with van der Waals surface area (Å²) in [6.07, 6.45) is 3.53. The van der Waals surface area contributed by atoms with Crippen molar-refractivity contribution in [3.63, 3.8) is 0 Å². The molecule has 106 valence electrons. The smallest absolute Gasteiger partial charge is 0.123 e. The molecule has 20 heavy (non-hydrogen) atoms. The van der Waals surface area contributed by atoms with Crippen LogP contribution in [0.25, 0.3) is 11.1 Å². The first-order chi connectivity index (χ1) is 9.74. The molecule has 2 aromatic rings. The number of hydrogen-bond donors (Lipinski definition) is 1. The second-order valence-electron chi connectivity index (χ2n) is 5.13. The Morgan fingerprint density at radius 1 is 1.05 bits per heavy atom. The molecule has 0 amide bonds. The summed E-state index contributed by atoms with van der Waals surface area (Å²) >= 11 is 0. The van der Waals surface area contributed by atoms with Gasteiger partial charge >= 0.3 is 0 Å². The van der Waals surface area contributed by atoms with Crippen LogP contribution in [-0.4, -0.2) is 7.05 Å². The summed E-state index contributed by atoms with van der Waals surface area (Å²) in [6, 6.07) is 13.5. The summed E-state index contributed by atoms with van der Waals surface area (Å²) in [6.45, 7) is 2.94. The van der Waals surface area contributed by atoms with E-state index in [1.807, 2.05) is 13.1 Å². The van der Waals surface area contributed by atoms with Gasteiger partial charge in [-0.05, 0) is 54.3 Å². The van der Waals surface area contributed by atoms with Gasteiger partial charge in [-0.2, -0.15) is 0 Å².